The van der Waals surface area contributed by atoms with Crippen molar-refractivity contribution in [3.63, 3.8) is 0 Å². The van der Waals surface area contributed by atoms with Crippen LogP contribution in [0.1, 0.15) is 23.6 Å². The molecule has 1 saturated heterocycles. The number of fused-ring (bicyclic) bond motifs is 4. The van der Waals surface area contributed by atoms with Gasteiger partial charge in [-0.1, -0.05) is 22.0 Å². The lowest BCUT2D eigenvalue weighted by Crippen LogP contribution is -2.46. The first-order chi connectivity index (χ1) is 11.1. The highest BCUT2D eigenvalue weighted by atomic mass is 79.9. The molecule has 0 unspecified atom stereocenters. The molecule has 3 heterocycles. The van der Waals surface area contributed by atoms with Gasteiger partial charge in [0.05, 0.1) is 0 Å². The summed E-state index contributed by atoms with van der Waals surface area (Å²) >= 11 is 3.47. The van der Waals surface area contributed by atoms with Crippen LogP contribution < -0.4 is 5.56 Å². The molecule has 120 valence electrons. The first kappa shape index (κ1) is 15.0. The summed E-state index contributed by atoms with van der Waals surface area (Å²) < 4.78 is 2.94. The van der Waals surface area contributed by atoms with Crippen molar-refractivity contribution in [1.29, 1.82) is 0 Å². The van der Waals surface area contributed by atoms with Crippen LogP contribution in [0.15, 0.2) is 45.7 Å². The number of phenols is 1. The Morgan fingerprint density at radius 2 is 2.04 bits per heavy atom. The minimum absolute atomic E-state index is 0.121. The molecular formula is C18H19BrN2O2. The van der Waals surface area contributed by atoms with E-state index in [-0.39, 0.29) is 5.56 Å². The summed E-state index contributed by atoms with van der Waals surface area (Å²) in [5, 5.41) is 10.1. The van der Waals surface area contributed by atoms with Gasteiger partial charge in [0.15, 0.2) is 0 Å². The van der Waals surface area contributed by atoms with Crippen molar-refractivity contribution >= 4 is 15.9 Å². The fourth-order valence-corrected chi connectivity index (χ4v) is 4.45. The summed E-state index contributed by atoms with van der Waals surface area (Å²) in [4.78, 5) is 14.5. The summed E-state index contributed by atoms with van der Waals surface area (Å²) in [6.45, 7) is 3.47. The normalized spacial score (nSPS) is 23.5. The van der Waals surface area contributed by atoms with Crippen molar-refractivity contribution < 1.29 is 5.11 Å². The summed E-state index contributed by atoms with van der Waals surface area (Å²) in [6.07, 6.45) is 1.16. The summed E-state index contributed by atoms with van der Waals surface area (Å²) in [7, 11) is 0. The van der Waals surface area contributed by atoms with Gasteiger partial charge in [0.25, 0.3) is 5.56 Å². The zero-order chi connectivity index (χ0) is 16.0. The molecule has 2 aromatic rings. The molecule has 2 bridgehead atoms. The van der Waals surface area contributed by atoms with Crippen molar-refractivity contribution in [1.82, 2.24) is 9.47 Å². The lowest BCUT2D eigenvalue weighted by molar-refractivity contribution is 0.113. The Kier molecular flexibility index (Phi) is 3.77. The molecule has 0 spiro atoms. The quantitative estimate of drug-likeness (QED) is 0.878. The van der Waals surface area contributed by atoms with E-state index in [1.807, 2.05) is 22.8 Å². The predicted molar refractivity (Wildman–Crippen MR) is 92.6 cm³/mol. The largest absolute Gasteiger partial charge is 0.508 e. The van der Waals surface area contributed by atoms with Crippen LogP contribution in [0.4, 0.5) is 0 Å². The highest BCUT2D eigenvalue weighted by Gasteiger charge is 2.34. The average molecular weight is 375 g/mol. The maximum atomic E-state index is 12.1. The number of benzene rings is 1. The molecule has 2 aliphatic heterocycles. The molecule has 2 atom stereocenters. The Labute approximate surface area is 143 Å². The second-order valence-corrected chi connectivity index (χ2v) is 7.58. The van der Waals surface area contributed by atoms with Gasteiger partial charge in [-0.05, 0) is 36.6 Å². The second kappa shape index (κ2) is 5.80. The molecule has 1 aromatic carbocycles. The van der Waals surface area contributed by atoms with Gasteiger partial charge >= 0.3 is 0 Å². The Morgan fingerprint density at radius 1 is 1.17 bits per heavy atom. The number of likely N-dealkylation sites (tertiary alicyclic amines) is 1. The molecule has 23 heavy (non-hydrogen) atoms. The smallest absolute Gasteiger partial charge is 0.250 e. The van der Waals surface area contributed by atoms with Gasteiger partial charge in [-0.2, -0.15) is 0 Å². The van der Waals surface area contributed by atoms with E-state index in [4.69, 9.17) is 0 Å². The van der Waals surface area contributed by atoms with Crippen LogP contribution in [-0.2, 0) is 13.1 Å². The van der Waals surface area contributed by atoms with E-state index in [1.54, 1.807) is 12.1 Å². The maximum absolute atomic E-state index is 12.1. The van der Waals surface area contributed by atoms with E-state index < -0.39 is 0 Å². The van der Waals surface area contributed by atoms with E-state index in [0.29, 0.717) is 17.6 Å². The van der Waals surface area contributed by atoms with Crippen LogP contribution in [-0.4, -0.2) is 27.7 Å². The van der Waals surface area contributed by atoms with Crippen LogP contribution in [0.5, 0.6) is 5.75 Å². The van der Waals surface area contributed by atoms with E-state index >= 15 is 0 Å². The summed E-state index contributed by atoms with van der Waals surface area (Å²) in [5.41, 5.74) is 2.23. The Balaban J connectivity index is 1.59. The van der Waals surface area contributed by atoms with Gasteiger partial charge in [0.2, 0.25) is 0 Å². The maximum Gasteiger partial charge on any atom is 0.250 e. The van der Waals surface area contributed by atoms with Gasteiger partial charge in [0.1, 0.15) is 5.75 Å². The number of aromatic nitrogens is 1. The Hall–Kier alpha value is -1.59. The molecule has 0 saturated carbocycles. The SMILES string of the molecule is O=c1cccc2n1C[C@@H]1C[C@H]2CN(Cc2cc(Br)ccc2O)C1. The van der Waals surface area contributed by atoms with Gasteiger partial charge in [-0.25, -0.2) is 0 Å². The minimum Gasteiger partial charge on any atom is -0.508 e. The summed E-state index contributed by atoms with van der Waals surface area (Å²) in [6, 6.07) is 11.2. The number of nitrogens with zero attached hydrogens (tertiary/aromatic N) is 2. The average Bonchev–Trinajstić information content (AvgIpc) is 2.52. The van der Waals surface area contributed by atoms with Crippen molar-refractivity contribution in [2.45, 2.75) is 25.4 Å². The van der Waals surface area contributed by atoms with Crippen LogP contribution in [0, 0.1) is 5.92 Å². The molecule has 5 heteroatoms. The first-order valence-corrected chi connectivity index (χ1v) is 8.79. The number of rotatable bonds is 2. The highest BCUT2D eigenvalue weighted by Crippen LogP contribution is 2.36. The standard InChI is InChI=1S/C18H19BrN2O2/c19-15-4-5-17(22)14(7-15)11-20-8-12-6-13(10-20)16-2-1-3-18(23)21(16)9-12/h1-5,7,12-13,22H,6,8-11H2/t12-,13+/m1/s1. The third-order valence-electron chi connectivity index (χ3n) is 4.99. The van der Waals surface area contributed by atoms with E-state index in [9.17, 15) is 9.90 Å². The fraction of sp³-hybridized carbons (Fsp3) is 0.389. The number of pyridine rings is 1. The molecule has 2 aliphatic rings. The topological polar surface area (TPSA) is 45.5 Å². The molecule has 1 aromatic heterocycles. The Morgan fingerprint density at radius 3 is 2.91 bits per heavy atom. The molecule has 4 nitrogen and oxygen atoms in total. The molecule has 0 aliphatic carbocycles. The molecule has 0 amide bonds. The van der Waals surface area contributed by atoms with Crippen molar-refractivity contribution in [3.8, 4) is 5.75 Å². The number of halogens is 1. The van der Waals surface area contributed by atoms with Crippen molar-refractivity contribution in [2.75, 3.05) is 13.1 Å². The lowest BCUT2D eigenvalue weighted by atomic mass is 9.83. The van der Waals surface area contributed by atoms with Gasteiger partial charge in [-0.15, -0.1) is 0 Å². The first-order valence-electron chi connectivity index (χ1n) is 7.99. The zero-order valence-corrected chi connectivity index (χ0v) is 14.4. The molecule has 1 fully saturated rings. The van der Waals surface area contributed by atoms with E-state index in [0.717, 1.165) is 48.3 Å². The molecule has 1 N–H and O–H groups in total. The predicted octanol–water partition coefficient (Wildman–Crippen LogP) is 2.94. The molecular weight excluding hydrogens is 356 g/mol. The van der Waals surface area contributed by atoms with E-state index in [1.165, 1.54) is 0 Å². The van der Waals surface area contributed by atoms with Crippen molar-refractivity contribution in [2.24, 2.45) is 5.92 Å². The third-order valence-corrected chi connectivity index (χ3v) is 5.48. The fourth-order valence-electron chi connectivity index (χ4n) is 4.05. The van der Waals surface area contributed by atoms with Crippen LogP contribution in [0.3, 0.4) is 0 Å². The van der Waals surface area contributed by atoms with Crippen LogP contribution >= 0.6 is 15.9 Å². The third kappa shape index (κ3) is 2.83. The lowest BCUT2D eigenvalue weighted by Gasteiger charge is -2.42. The monoisotopic (exact) mass is 374 g/mol. The number of aromatic hydroxyl groups is 1. The second-order valence-electron chi connectivity index (χ2n) is 6.67. The number of hydrogen-bond donors (Lipinski definition) is 1. The van der Waals surface area contributed by atoms with Crippen molar-refractivity contribution in [3.05, 3.63) is 62.5 Å². The van der Waals surface area contributed by atoms with Gasteiger partial charge in [-0.3, -0.25) is 9.69 Å². The molecule has 0 radical (unpaired) electrons. The van der Waals surface area contributed by atoms with Crippen LogP contribution in [0.25, 0.3) is 0 Å². The highest BCUT2D eigenvalue weighted by molar-refractivity contribution is 9.10. The minimum atomic E-state index is 0.121. The summed E-state index contributed by atoms with van der Waals surface area (Å²) in [5.74, 6) is 1.27. The molecule has 4 rings (SSSR count). The Bertz CT molecular complexity index is 802. The number of piperidine rings is 1. The van der Waals surface area contributed by atoms with Crippen LogP contribution in [0.2, 0.25) is 0 Å². The van der Waals surface area contributed by atoms with Gasteiger partial charge < -0.3 is 9.67 Å². The number of hydrogen-bond acceptors (Lipinski definition) is 3. The van der Waals surface area contributed by atoms with E-state index in [2.05, 4.69) is 26.9 Å². The number of phenolic OH excluding ortho intramolecular Hbond substituents is 1. The van der Waals surface area contributed by atoms with Gasteiger partial charge in [0, 0.05) is 53.9 Å². The zero-order valence-electron chi connectivity index (χ0n) is 12.8.